The zero-order valence-electron chi connectivity index (χ0n) is 13.1. The summed E-state index contributed by atoms with van der Waals surface area (Å²) in [6, 6.07) is -0.146. The lowest BCUT2D eigenvalue weighted by Gasteiger charge is -2.58. The highest BCUT2D eigenvalue weighted by Gasteiger charge is 2.57. The number of Topliss-reactive ketones (excluding diaryl/α,β-unsaturated/α-hetero) is 1. The third-order valence-corrected chi connectivity index (χ3v) is 7.35. The number of aromatic amines is 1. The van der Waals surface area contributed by atoms with Crippen LogP contribution < -0.4 is 5.32 Å². The standard InChI is InChI=1S/C18H18BrN3O2/c19-9-5-18-2-3-20-14-12(18)15-11-8(7-21-13(11)17(14)24)1-4-22(15)10(6-18)16(9)23/h5,7,10,14,16,20-21,23H,1-4,6H2/t10-,14+,16-,18-/m1/s1. The number of hydrogen-bond acceptors (Lipinski definition) is 4. The summed E-state index contributed by atoms with van der Waals surface area (Å²) in [6.07, 6.45) is 6.52. The lowest BCUT2D eigenvalue weighted by atomic mass is 9.58. The summed E-state index contributed by atoms with van der Waals surface area (Å²) in [5.74, 6) is 0.171. The van der Waals surface area contributed by atoms with Crippen LogP contribution in [-0.4, -0.2) is 52.1 Å². The topological polar surface area (TPSA) is 68.4 Å². The Morgan fingerprint density at radius 2 is 2.29 bits per heavy atom. The summed E-state index contributed by atoms with van der Waals surface area (Å²) in [4.78, 5) is 18.7. The number of fused-ring (bicyclic) bond motifs is 2. The van der Waals surface area contributed by atoms with Crippen molar-refractivity contribution in [3.63, 3.8) is 0 Å². The van der Waals surface area contributed by atoms with E-state index >= 15 is 0 Å². The van der Waals surface area contributed by atoms with E-state index < -0.39 is 6.10 Å². The minimum absolute atomic E-state index is 0.0889. The van der Waals surface area contributed by atoms with Crippen LogP contribution in [0.3, 0.4) is 0 Å². The van der Waals surface area contributed by atoms with Gasteiger partial charge in [0.15, 0.2) is 0 Å². The van der Waals surface area contributed by atoms with Crippen LogP contribution in [0.25, 0.3) is 5.70 Å². The van der Waals surface area contributed by atoms with Crippen molar-refractivity contribution < 1.29 is 9.90 Å². The number of nitrogens with zero attached hydrogens (tertiary/aromatic N) is 1. The average molecular weight is 388 g/mol. The van der Waals surface area contributed by atoms with Crippen LogP contribution in [0, 0.1) is 5.41 Å². The number of halogens is 1. The molecule has 4 atom stereocenters. The van der Waals surface area contributed by atoms with Gasteiger partial charge >= 0.3 is 0 Å². The molecule has 3 aliphatic heterocycles. The predicted octanol–water partition coefficient (Wildman–Crippen LogP) is 1.55. The summed E-state index contributed by atoms with van der Waals surface area (Å²) in [7, 11) is 0. The minimum Gasteiger partial charge on any atom is -0.386 e. The van der Waals surface area contributed by atoms with Crippen LogP contribution in [0.4, 0.5) is 0 Å². The normalized spacial score (nSPS) is 38.9. The van der Waals surface area contributed by atoms with E-state index in [0.29, 0.717) is 0 Å². The fraction of sp³-hybridized carbons (Fsp3) is 0.500. The van der Waals surface area contributed by atoms with Gasteiger partial charge in [0.1, 0.15) is 6.10 Å². The number of nitrogens with one attached hydrogen (secondary N) is 2. The van der Waals surface area contributed by atoms with Crippen molar-refractivity contribution >= 4 is 27.4 Å². The van der Waals surface area contributed by atoms with E-state index in [1.807, 2.05) is 6.20 Å². The Balaban J connectivity index is 1.73. The molecule has 4 heterocycles. The Morgan fingerprint density at radius 1 is 1.42 bits per heavy atom. The lowest BCUT2D eigenvalue weighted by Crippen LogP contribution is -2.62. The van der Waals surface area contributed by atoms with Crippen molar-refractivity contribution in [2.24, 2.45) is 5.41 Å². The summed E-state index contributed by atoms with van der Waals surface area (Å²) in [5.41, 5.74) is 5.45. The molecule has 3 N–H and O–H groups in total. The average Bonchev–Trinajstić information content (AvgIpc) is 3.01. The molecule has 1 aromatic heterocycles. The first-order chi connectivity index (χ1) is 11.6. The van der Waals surface area contributed by atoms with E-state index in [-0.39, 0.29) is 23.3 Å². The van der Waals surface area contributed by atoms with Crippen LogP contribution in [0.15, 0.2) is 22.3 Å². The van der Waals surface area contributed by atoms with E-state index in [1.165, 1.54) is 16.8 Å². The van der Waals surface area contributed by atoms with Gasteiger partial charge in [0, 0.05) is 33.9 Å². The smallest absolute Gasteiger partial charge is 0.200 e. The Kier molecular flexibility index (Phi) is 2.45. The first-order valence-corrected chi connectivity index (χ1v) is 9.46. The number of ketones is 1. The first kappa shape index (κ1) is 13.9. The molecule has 1 spiro atoms. The molecule has 0 saturated carbocycles. The zero-order chi connectivity index (χ0) is 16.2. The Hall–Kier alpha value is -1.37. The third-order valence-electron chi connectivity index (χ3n) is 6.65. The first-order valence-electron chi connectivity index (χ1n) is 8.66. The van der Waals surface area contributed by atoms with Crippen LogP contribution in [-0.2, 0) is 6.42 Å². The number of carbonyl (C=O) groups is 1. The summed E-state index contributed by atoms with van der Waals surface area (Å²) in [6.45, 7) is 1.73. The van der Waals surface area contributed by atoms with Gasteiger partial charge in [-0.1, -0.05) is 22.0 Å². The van der Waals surface area contributed by atoms with E-state index in [9.17, 15) is 9.90 Å². The summed E-state index contributed by atoms with van der Waals surface area (Å²) < 4.78 is 0.879. The number of hydrogen-bond donors (Lipinski definition) is 3. The largest absolute Gasteiger partial charge is 0.386 e. The molecular weight excluding hydrogens is 370 g/mol. The molecule has 6 rings (SSSR count). The van der Waals surface area contributed by atoms with Crippen molar-refractivity contribution in [2.45, 2.75) is 37.5 Å². The lowest BCUT2D eigenvalue weighted by molar-refractivity contribution is 0.0511. The Labute approximate surface area is 147 Å². The molecule has 5 nitrogen and oxygen atoms in total. The molecular formula is C18H18BrN3O2. The highest BCUT2D eigenvalue weighted by Crippen LogP contribution is 2.58. The second kappa shape index (κ2) is 4.23. The van der Waals surface area contributed by atoms with Gasteiger partial charge in [0.05, 0.1) is 17.8 Å². The molecule has 0 amide bonds. The second-order valence-corrected chi connectivity index (χ2v) is 8.59. The van der Waals surface area contributed by atoms with Crippen LogP contribution >= 0.6 is 15.9 Å². The van der Waals surface area contributed by atoms with Gasteiger partial charge in [0.2, 0.25) is 5.78 Å². The number of aliphatic hydroxyl groups excluding tert-OH is 1. The van der Waals surface area contributed by atoms with Crippen molar-refractivity contribution in [3.8, 4) is 0 Å². The second-order valence-electron chi connectivity index (χ2n) is 7.67. The maximum atomic E-state index is 13.1. The molecule has 124 valence electrons. The van der Waals surface area contributed by atoms with Crippen molar-refractivity contribution in [2.75, 3.05) is 13.1 Å². The Bertz CT molecular complexity index is 870. The predicted molar refractivity (Wildman–Crippen MR) is 92.7 cm³/mol. The molecule has 5 aliphatic rings. The van der Waals surface area contributed by atoms with Crippen molar-refractivity contribution in [1.82, 2.24) is 15.2 Å². The minimum atomic E-state index is -0.486. The van der Waals surface area contributed by atoms with Gasteiger partial charge in [-0.25, -0.2) is 0 Å². The quantitative estimate of drug-likeness (QED) is 0.631. The molecule has 0 unspecified atom stereocenters. The van der Waals surface area contributed by atoms with E-state index in [1.54, 1.807) is 0 Å². The number of rotatable bonds is 0. The molecule has 6 heteroatoms. The maximum absolute atomic E-state index is 13.1. The number of carbonyl (C=O) groups excluding carboxylic acids is 1. The highest BCUT2D eigenvalue weighted by molar-refractivity contribution is 9.11. The van der Waals surface area contributed by atoms with Gasteiger partial charge in [-0.3, -0.25) is 4.79 Å². The number of aromatic nitrogens is 1. The molecule has 1 aromatic rings. The van der Waals surface area contributed by atoms with Gasteiger partial charge in [-0.15, -0.1) is 0 Å². The number of aliphatic hydroxyl groups is 1. The fourth-order valence-electron chi connectivity index (χ4n) is 5.67. The maximum Gasteiger partial charge on any atom is 0.200 e. The monoisotopic (exact) mass is 387 g/mol. The van der Waals surface area contributed by atoms with Crippen LogP contribution in [0.2, 0.25) is 0 Å². The van der Waals surface area contributed by atoms with Gasteiger partial charge in [-0.2, -0.15) is 0 Å². The Morgan fingerprint density at radius 3 is 3.17 bits per heavy atom. The summed E-state index contributed by atoms with van der Waals surface area (Å²) in [5, 5.41) is 14.2. The molecule has 2 aliphatic carbocycles. The van der Waals surface area contributed by atoms with E-state index in [4.69, 9.17) is 0 Å². The van der Waals surface area contributed by atoms with Gasteiger partial charge in [0.25, 0.3) is 0 Å². The summed E-state index contributed by atoms with van der Waals surface area (Å²) >= 11 is 3.61. The van der Waals surface area contributed by atoms with Crippen molar-refractivity contribution in [3.05, 3.63) is 39.1 Å². The molecule has 24 heavy (non-hydrogen) atoms. The van der Waals surface area contributed by atoms with Crippen LogP contribution in [0.5, 0.6) is 0 Å². The molecule has 0 aromatic carbocycles. The van der Waals surface area contributed by atoms with Gasteiger partial charge < -0.3 is 20.3 Å². The highest BCUT2D eigenvalue weighted by atomic mass is 79.9. The van der Waals surface area contributed by atoms with E-state index in [0.717, 1.165) is 48.1 Å². The molecule has 0 radical (unpaired) electrons. The van der Waals surface area contributed by atoms with E-state index in [2.05, 4.69) is 37.2 Å². The van der Waals surface area contributed by atoms with Gasteiger partial charge in [-0.05, 0) is 36.9 Å². The fourth-order valence-corrected chi connectivity index (χ4v) is 6.41. The molecule has 1 saturated heterocycles. The van der Waals surface area contributed by atoms with Crippen LogP contribution in [0.1, 0.15) is 34.5 Å². The molecule has 1 fully saturated rings. The SMILES string of the molecule is O=C1c2[nH]cc3c2C2=C4[C@@H]1NCC[C@]41C=C(Br)[C@@H](O)[C@@H](C1)N2CC3. The number of H-pyrrole nitrogens is 1. The number of piperidine rings is 1. The third kappa shape index (κ3) is 1.39. The van der Waals surface area contributed by atoms with Crippen molar-refractivity contribution in [1.29, 1.82) is 0 Å². The zero-order valence-corrected chi connectivity index (χ0v) is 14.7. The number of allylic oxidation sites excluding steroid dienone is 1. The molecule has 2 bridgehead atoms.